The van der Waals surface area contributed by atoms with E-state index in [1.165, 1.54) is 19.4 Å². The van der Waals surface area contributed by atoms with Gasteiger partial charge in [-0.05, 0) is 31.6 Å². The number of allylic oxidation sites excluding steroid dienone is 1. The molecular weight excluding hydrogens is 182 g/mol. The monoisotopic (exact) mass is 205 g/mol. The largest absolute Gasteiger partial charge is 0.296 e. The van der Waals surface area contributed by atoms with Gasteiger partial charge in [0.25, 0.3) is 0 Å². The molecule has 0 amide bonds. The summed E-state index contributed by atoms with van der Waals surface area (Å²) in [5.41, 5.74) is 0. The summed E-state index contributed by atoms with van der Waals surface area (Å²) in [6.07, 6.45) is 11.0. The van der Waals surface area contributed by atoms with Crippen LogP contribution in [0.5, 0.6) is 0 Å². The maximum atomic E-state index is 3.84. The highest BCUT2D eigenvalue weighted by Crippen LogP contribution is 2.26. The maximum absolute atomic E-state index is 3.84. The van der Waals surface area contributed by atoms with Gasteiger partial charge in [0, 0.05) is 19.1 Å². The van der Waals surface area contributed by atoms with Crippen LogP contribution in [-0.4, -0.2) is 24.0 Å². The van der Waals surface area contributed by atoms with Crippen LogP contribution in [0.1, 0.15) is 25.7 Å². The molecule has 84 valence electrons. The molecule has 2 unspecified atom stereocenters. The van der Waals surface area contributed by atoms with Crippen LogP contribution in [0.3, 0.4) is 0 Å². The molecule has 0 aliphatic carbocycles. The van der Waals surface area contributed by atoms with Crippen molar-refractivity contribution < 1.29 is 0 Å². The molecule has 1 aliphatic heterocycles. The fourth-order valence-corrected chi connectivity index (χ4v) is 2.46. The molecule has 1 fully saturated rings. The van der Waals surface area contributed by atoms with E-state index < -0.39 is 0 Å². The second-order valence-corrected chi connectivity index (χ2v) is 4.39. The minimum Gasteiger partial charge on any atom is -0.296 e. The second kappa shape index (κ2) is 6.62. The normalized spacial score (nSPS) is 27.2. The van der Waals surface area contributed by atoms with E-state index in [1.807, 2.05) is 18.2 Å². The predicted molar refractivity (Wildman–Crippen MR) is 67.9 cm³/mol. The number of hydrogen-bond donors (Lipinski definition) is 0. The quantitative estimate of drug-likeness (QED) is 0.601. The summed E-state index contributed by atoms with van der Waals surface area (Å²) in [5, 5.41) is 0. The Morgan fingerprint density at radius 2 is 1.73 bits per heavy atom. The highest BCUT2D eigenvalue weighted by molar-refractivity contribution is 4.90. The third-order valence-corrected chi connectivity index (χ3v) is 3.22. The van der Waals surface area contributed by atoms with E-state index in [9.17, 15) is 0 Å². The SMILES string of the molecule is C=CCC1CCC(CC=C)N(CC=C)C1. The first-order chi connectivity index (χ1) is 7.31. The molecule has 0 aromatic heterocycles. The van der Waals surface area contributed by atoms with Crippen molar-refractivity contribution in [2.24, 2.45) is 5.92 Å². The van der Waals surface area contributed by atoms with Gasteiger partial charge in [0.15, 0.2) is 0 Å². The van der Waals surface area contributed by atoms with Gasteiger partial charge in [-0.25, -0.2) is 0 Å². The smallest absolute Gasteiger partial charge is 0.0163 e. The summed E-state index contributed by atoms with van der Waals surface area (Å²) in [5.74, 6) is 0.795. The van der Waals surface area contributed by atoms with Gasteiger partial charge in [-0.1, -0.05) is 18.2 Å². The molecule has 15 heavy (non-hydrogen) atoms. The molecule has 0 spiro atoms. The Morgan fingerprint density at radius 1 is 1.00 bits per heavy atom. The molecule has 0 aromatic rings. The van der Waals surface area contributed by atoms with E-state index in [-0.39, 0.29) is 0 Å². The predicted octanol–water partition coefficient (Wildman–Crippen LogP) is 3.41. The van der Waals surface area contributed by atoms with Crippen LogP contribution in [0.15, 0.2) is 38.0 Å². The van der Waals surface area contributed by atoms with E-state index in [0.717, 1.165) is 25.3 Å². The van der Waals surface area contributed by atoms with E-state index in [1.54, 1.807) is 0 Å². The Labute approximate surface area is 94.2 Å². The number of nitrogens with zero attached hydrogens (tertiary/aromatic N) is 1. The molecule has 2 atom stereocenters. The summed E-state index contributed by atoms with van der Waals surface area (Å²) in [7, 11) is 0. The van der Waals surface area contributed by atoms with Crippen LogP contribution < -0.4 is 0 Å². The Morgan fingerprint density at radius 3 is 2.33 bits per heavy atom. The minimum absolute atomic E-state index is 0.682. The number of hydrogen-bond acceptors (Lipinski definition) is 1. The Bertz CT molecular complexity index is 219. The van der Waals surface area contributed by atoms with Crippen molar-refractivity contribution in [2.45, 2.75) is 31.7 Å². The average molecular weight is 205 g/mol. The van der Waals surface area contributed by atoms with Crippen LogP contribution in [0.2, 0.25) is 0 Å². The average Bonchev–Trinajstić information content (AvgIpc) is 2.23. The van der Waals surface area contributed by atoms with E-state index >= 15 is 0 Å². The minimum atomic E-state index is 0.682. The number of likely N-dealkylation sites (tertiary alicyclic amines) is 1. The molecule has 1 aliphatic rings. The molecule has 1 nitrogen and oxygen atoms in total. The molecular formula is C14H23N. The lowest BCUT2D eigenvalue weighted by Gasteiger charge is -2.38. The molecule has 0 N–H and O–H groups in total. The molecule has 1 heterocycles. The van der Waals surface area contributed by atoms with Crippen molar-refractivity contribution in [3.63, 3.8) is 0 Å². The first-order valence-electron chi connectivity index (χ1n) is 5.88. The van der Waals surface area contributed by atoms with Crippen molar-refractivity contribution in [3.8, 4) is 0 Å². The van der Waals surface area contributed by atoms with Gasteiger partial charge in [-0.2, -0.15) is 0 Å². The van der Waals surface area contributed by atoms with Crippen molar-refractivity contribution in [3.05, 3.63) is 38.0 Å². The van der Waals surface area contributed by atoms with Crippen molar-refractivity contribution >= 4 is 0 Å². The molecule has 0 saturated carbocycles. The zero-order valence-corrected chi connectivity index (χ0v) is 9.70. The van der Waals surface area contributed by atoms with E-state index in [4.69, 9.17) is 0 Å². The summed E-state index contributed by atoms with van der Waals surface area (Å²) in [6, 6.07) is 0.682. The van der Waals surface area contributed by atoms with Gasteiger partial charge in [0.1, 0.15) is 0 Å². The first-order valence-corrected chi connectivity index (χ1v) is 5.88. The third-order valence-electron chi connectivity index (χ3n) is 3.22. The van der Waals surface area contributed by atoms with Gasteiger partial charge >= 0.3 is 0 Å². The van der Waals surface area contributed by atoms with Gasteiger partial charge in [0.05, 0.1) is 0 Å². The van der Waals surface area contributed by atoms with Gasteiger partial charge in [-0.15, -0.1) is 19.7 Å². The summed E-state index contributed by atoms with van der Waals surface area (Å²) in [6.45, 7) is 13.7. The highest BCUT2D eigenvalue weighted by Gasteiger charge is 2.25. The topological polar surface area (TPSA) is 3.24 Å². The van der Waals surface area contributed by atoms with E-state index in [0.29, 0.717) is 6.04 Å². The van der Waals surface area contributed by atoms with Crippen LogP contribution in [0, 0.1) is 5.92 Å². The molecule has 1 heteroatoms. The molecule has 1 rings (SSSR count). The van der Waals surface area contributed by atoms with Crippen LogP contribution in [0.25, 0.3) is 0 Å². The molecule has 0 aromatic carbocycles. The zero-order chi connectivity index (χ0) is 11.1. The third kappa shape index (κ3) is 3.67. The van der Waals surface area contributed by atoms with Crippen LogP contribution in [0.4, 0.5) is 0 Å². The molecule has 1 saturated heterocycles. The Kier molecular flexibility index (Phi) is 5.41. The zero-order valence-electron chi connectivity index (χ0n) is 9.70. The lowest BCUT2D eigenvalue weighted by atomic mass is 9.89. The summed E-state index contributed by atoms with van der Waals surface area (Å²) < 4.78 is 0. The van der Waals surface area contributed by atoms with Crippen molar-refractivity contribution in [1.29, 1.82) is 0 Å². The Balaban J connectivity index is 2.51. The molecule has 0 radical (unpaired) electrons. The first kappa shape index (κ1) is 12.3. The maximum Gasteiger partial charge on any atom is 0.0163 e. The van der Waals surface area contributed by atoms with Crippen molar-refractivity contribution in [1.82, 2.24) is 4.90 Å². The Hall–Kier alpha value is -0.820. The lowest BCUT2D eigenvalue weighted by Crippen LogP contribution is -2.43. The highest BCUT2D eigenvalue weighted by atomic mass is 15.2. The second-order valence-electron chi connectivity index (χ2n) is 4.39. The fraction of sp³-hybridized carbons (Fsp3) is 0.571. The number of rotatable bonds is 6. The molecule has 0 bridgehead atoms. The van der Waals surface area contributed by atoms with Gasteiger partial charge in [-0.3, -0.25) is 4.90 Å². The lowest BCUT2D eigenvalue weighted by molar-refractivity contribution is 0.123. The summed E-state index contributed by atoms with van der Waals surface area (Å²) in [4.78, 5) is 2.53. The standard InChI is InChI=1S/C14H23N/c1-4-7-13-9-10-14(8-5-2)15(12-13)11-6-3/h4-6,13-14H,1-3,7-12H2. The summed E-state index contributed by atoms with van der Waals surface area (Å²) >= 11 is 0. The van der Waals surface area contributed by atoms with Crippen LogP contribution in [-0.2, 0) is 0 Å². The van der Waals surface area contributed by atoms with E-state index in [2.05, 4.69) is 24.6 Å². The van der Waals surface area contributed by atoms with Gasteiger partial charge in [0.2, 0.25) is 0 Å². The number of piperidine rings is 1. The van der Waals surface area contributed by atoms with Crippen molar-refractivity contribution in [2.75, 3.05) is 13.1 Å². The van der Waals surface area contributed by atoms with Gasteiger partial charge < -0.3 is 0 Å². The van der Waals surface area contributed by atoms with Crippen LogP contribution >= 0.6 is 0 Å². The fourth-order valence-electron chi connectivity index (χ4n) is 2.46.